The predicted molar refractivity (Wildman–Crippen MR) is 101 cm³/mol. The SMILES string of the molecule is Cn1nc(CN2CCC3(CCC3)C2)nc1-c1ccc(C(C)(C)C)cc1. The van der Waals surface area contributed by atoms with Gasteiger partial charge in [0.25, 0.3) is 0 Å². The first-order valence-electron chi connectivity index (χ1n) is 9.58. The zero-order valence-electron chi connectivity index (χ0n) is 16.0. The van der Waals surface area contributed by atoms with Crippen LogP contribution in [0.4, 0.5) is 0 Å². The highest BCUT2D eigenvalue weighted by molar-refractivity contribution is 5.56. The summed E-state index contributed by atoms with van der Waals surface area (Å²) in [5.41, 5.74) is 3.31. The van der Waals surface area contributed by atoms with E-state index in [4.69, 9.17) is 4.98 Å². The number of aromatic nitrogens is 3. The van der Waals surface area contributed by atoms with Crippen molar-refractivity contribution < 1.29 is 0 Å². The molecule has 0 N–H and O–H groups in total. The van der Waals surface area contributed by atoms with Crippen LogP contribution in [0.3, 0.4) is 0 Å². The van der Waals surface area contributed by atoms with Crippen LogP contribution in [0.1, 0.15) is 57.8 Å². The van der Waals surface area contributed by atoms with E-state index in [1.165, 1.54) is 44.3 Å². The largest absolute Gasteiger partial charge is 0.295 e. The van der Waals surface area contributed by atoms with E-state index in [-0.39, 0.29) is 5.41 Å². The van der Waals surface area contributed by atoms with Crippen molar-refractivity contribution in [2.45, 2.75) is 58.4 Å². The molecule has 0 amide bonds. The van der Waals surface area contributed by atoms with Gasteiger partial charge < -0.3 is 0 Å². The molecule has 25 heavy (non-hydrogen) atoms. The van der Waals surface area contributed by atoms with Crippen LogP contribution in [0.5, 0.6) is 0 Å². The number of aryl methyl sites for hydroxylation is 1. The normalized spacial score (nSPS) is 20.2. The van der Waals surface area contributed by atoms with Crippen molar-refractivity contribution in [3.8, 4) is 11.4 Å². The number of hydrogen-bond donors (Lipinski definition) is 0. The maximum absolute atomic E-state index is 4.84. The standard InChI is InChI=1S/C21H30N4/c1-20(2,3)17-8-6-16(7-9-17)19-22-18(23-24(19)4)14-25-13-12-21(15-25)10-5-11-21/h6-9H,5,10-15H2,1-4H3. The van der Waals surface area contributed by atoms with E-state index in [0.29, 0.717) is 5.41 Å². The minimum atomic E-state index is 0.177. The van der Waals surface area contributed by atoms with Gasteiger partial charge in [-0.3, -0.25) is 4.90 Å². The summed E-state index contributed by atoms with van der Waals surface area (Å²) in [4.78, 5) is 7.38. The van der Waals surface area contributed by atoms with Crippen LogP contribution in [0.2, 0.25) is 0 Å². The van der Waals surface area contributed by atoms with Crippen LogP contribution in [-0.2, 0) is 19.0 Å². The van der Waals surface area contributed by atoms with Gasteiger partial charge in [-0.05, 0) is 42.2 Å². The summed E-state index contributed by atoms with van der Waals surface area (Å²) < 4.78 is 1.93. The lowest BCUT2D eigenvalue weighted by Crippen LogP contribution is -2.33. The first-order chi connectivity index (χ1) is 11.8. The Morgan fingerprint density at radius 3 is 2.36 bits per heavy atom. The summed E-state index contributed by atoms with van der Waals surface area (Å²) in [6.07, 6.45) is 5.63. The van der Waals surface area contributed by atoms with Gasteiger partial charge in [0.1, 0.15) is 0 Å². The first-order valence-corrected chi connectivity index (χ1v) is 9.58. The van der Waals surface area contributed by atoms with Gasteiger partial charge in [-0.2, -0.15) is 5.10 Å². The summed E-state index contributed by atoms with van der Waals surface area (Å²) in [7, 11) is 2.00. The average molecular weight is 338 g/mol. The van der Waals surface area contributed by atoms with Crippen LogP contribution in [0, 0.1) is 5.41 Å². The van der Waals surface area contributed by atoms with Gasteiger partial charge in [0.05, 0.1) is 6.54 Å². The fourth-order valence-electron chi connectivity index (χ4n) is 4.32. The lowest BCUT2D eigenvalue weighted by atomic mass is 9.68. The fraction of sp³-hybridized carbons (Fsp3) is 0.619. The molecule has 1 aliphatic heterocycles. The van der Waals surface area contributed by atoms with Crippen molar-refractivity contribution in [3.63, 3.8) is 0 Å². The Balaban J connectivity index is 1.48. The molecule has 0 atom stereocenters. The molecule has 2 heterocycles. The Morgan fingerprint density at radius 1 is 1.08 bits per heavy atom. The highest BCUT2D eigenvalue weighted by atomic mass is 15.3. The molecule has 1 aromatic carbocycles. The molecule has 134 valence electrons. The molecule has 1 aliphatic carbocycles. The minimum Gasteiger partial charge on any atom is -0.295 e. The Morgan fingerprint density at radius 2 is 1.80 bits per heavy atom. The molecule has 4 rings (SSSR count). The van der Waals surface area contributed by atoms with Gasteiger partial charge in [0.15, 0.2) is 11.6 Å². The van der Waals surface area contributed by atoms with Crippen LogP contribution in [0.15, 0.2) is 24.3 Å². The molecular weight excluding hydrogens is 308 g/mol. The minimum absolute atomic E-state index is 0.177. The van der Waals surface area contributed by atoms with Crippen molar-refractivity contribution in [2.75, 3.05) is 13.1 Å². The molecular formula is C21H30N4. The van der Waals surface area contributed by atoms with Crippen molar-refractivity contribution in [3.05, 3.63) is 35.7 Å². The van der Waals surface area contributed by atoms with E-state index in [9.17, 15) is 0 Å². The van der Waals surface area contributed by atoms with E-state index in [1.807, 2.05) is 11.7 Å². The zero-order chi connectivity index (χ0) is 17.7. The molecule has 0 radical (unpaired) electrons. The van der Waals surface area contributed by atoms with E-state index in [2.05, 4.69) is 55.0 Å². The van der Waals surface area contributed by atoms with Crippen LogP contribution >= 0.6 is 0 Å². The molecule has 2 fully saturated rings. The molecule has 1 spiro atoms. The van der Waals surface area contributed by atoms with E-state index in [1.54, 1.807) is 0 Å². The average Bonchev–Trinajstić information content (AvgIpc) is 3.11. The van der Waals surface area contributed by atoms with Crippen LogP contribution in [0.25, 0.3) is 11.4 Å². The molecule has 1 aromatic heterocycles. The van der Waals surface area contributed by atoms with Crippen molar-refractivity contribution in [1.29, 1.82) is 0 Å². The van der Waals surface area contributed by atoms with Crippen molar-refractivity contribution in [2.24, 2.45) is 12.5 Å². The number of likely N-dealkylation sites (tertiary alicyclic amines) is 1. The third-order valence-electron chi connectivity index (χ3n) is 6.11. The molecule has 0 bridgehead atoms. The maximum Gasteiger partial charge on any atom is 0.165 e. The highest BCUT2D eigenvalue weighted by Crippen LogP contribution is 2.48. The third-order valence-corrected chi connectivity index (χ3v) is 6.11. The zero-order valence-corrected chi connectivity index (χ0v) is 16.0. The van der Waals surface area contributed by atoms with Gasteiger partial charge >= 0.3 is 0 Å². The van der Waals surface area contributed by atoms with E-state index < -0.39 is 0 Å². The van der Waals surface area contributed by atoms with Gasteiger partial charge in [-0.25, -0.2) is 9.67 Å². The second-order valence-corrected chi connectivity index (χ2v) is 9.12. The second-order valence-electron chi connectivity index (χ2n) is 9.12. The van der Waals surface area contributed by atoms with Crippen LogP contribution in [-0.4, -0.2) is 32.8 Å². The number of benzene rings is 1. The molecule has 2 aromatic rings. The number of hydrogen-bond acceptors (Lipinski definition) is 3. The Bertz CT molecular complexity index is 747. The lowest BCUT2D eigenvalue weighted by molar-refractivity contribution is 0.136. The second kappa shape index (κ2) is 5.94. The molecule has 2 aliphatic rings. The smallest absolute Gasteiger partial charge is 0.165 e. The summed E-state index contributed by atoms with van der Waals surface area (Å²) in [6.45, 7) is 10.1. The third kappa shape index (κ3) is 3.24. The Hall–Kier alpha value is -1.68. The number of nitrogens with zero attached hydrogens (tertiary/aromatic N) is 4. The fourth-order valence-corrected chi connectivity index (χ4v) is 4.32. The molecule has 1 saturated heterocycles. The molecule has 0 unspecified atom stereocenters. The van der Waals surface area contributed by atoms with Crippen LogP contribution < -0.4 is 0 Å². The Kier molecular flexibility index (Phi) is 3.99. The summed E-state index contributed by atoms with van der Waals surface area (Å²) in [5, 5.41) is 4.68. The highest BCUT2D eigenvalue weighted by Gasteiger charge is 2.42. The van der Waals surface area contributed by atoms with Crippen molar-refractivity contribution in [1.82, 2.24) is 19.7 Å². The first kappa shape index (κ1) is 16.8. The van der Waals surface area contributed by atoms with Gasteiger partial charge in [-0.1, -0.05) is 51.5 Å². The monoisotopic (exact) mass is 338 g/mol. The van der Waals surface area contributed by atoms with Gasteiger partial charge in [-0.15, -0.1) is 0 Å². The maximum atomic E-state index is 4.84. The molecule has 4 nitrogen and oxygen atoms in total. The quantitative estimate of drug-likeness (QED) is 0.843. The predicted octanol–water partition coefficient (Wildman–Crippen LogP) is 4.16. The molecule has 4 heteroatoms. The van der Waals surface area contributed by atoms with E-state index >= 15 is 0 Å². The van der Waals surface area contributed by atoms with Crippen molar-refractivity contribution >= 4 is 0 Å². The van der Waals surface area contributed by atoms with E-state index in [0.717, 1.165) is 23.8 Å². The summed E-state index contributed by atoms with van der Waals surface area (Å²) in [5.74, 6) is 1.92. The van der Waals surface area contributed by atoms with Gasteiger partial charge in [0.2, 0.25) is 0 Å². The topological polar surface area (TPSA) is 34.0 Å². The summed E-state index contributed by atoms with van der Waals surface area (Å²) >= 11 is 0. The molecule has 1 saturated carbocycles. The number of rotatable bonds is 3. The lowest BCUT2D eigenvalue weighted by Gasteiger charge is -2.38. The Labute approximate surface area is 151 Å². The van der Waals surface area contributed by atoms with Gasteiger partial charge in [0, 0.05) is 19.2 Å². The summed E-state index contributed by atoms with van der Waals surface area (Å²) in [6, 6.07) is 8.77.